The molecular weight excluding hydrogens is 428 g/mol. The maximum atomic E-state index is 10.6. The van der Waals surface area contributed by atoms with Crippen LogP contribution < -0.4 is 0 Å². The third kappa shape index (κ3) is 4.67. The fourth-order valence-electron chi connectivity index (χ4n) is 4.58. The van der Waals surface area contributed by atoms with Crippen molar-refractivity contribution in [2.75, 3.05) is 6.54 Å². The van der Waals surface area contributed by atoms with Crippen LogP contribution in [-0.2, 0) is 6.42 Å². The number of amidine groups is 1. The van der Waals surface area contributed by atoms with Crippen LogP contribution in [0.2, 0.25) is 0 Å². The molecule has 0 atom stereocenters. The van der Waals surface area contributed by atoms with E-state index in [9.17, 15) is 5.11 Å². The van der Waals surface area contributed by atoms with E-state index in [0.29, 0.717) is 12.1 Å². The molecule has 35 heavy (non-hydrogen) atoms. The molecule has 0 spiro atoms. The van der Waals surface area contributed by atoms with Gasteiger partial charge in [0, 0.05) is 23.5 Å². The molecule has 0 bridgehead atoms. The fraction of sp³-hybridized carbons (Fsp3) is 0.0938. The molecule has 4 aromatic rings. The largest absolute Gasteiger partial charge is 0.507 e. The van der Waals surface area contributed by atoms with Gasteiger partial charge in [0.25, 0.3) is 0 Å². The highest BCUT2D eigenvalue weighted by molar-refractivity contribution is 6.06. The summed E-state index contributed by atoms with van der Waals surface area (Å²) in [4.78, 5) is 7.13. The first-order chi connectivity index (χ1) is 17.1. The zero-order valence-electron chi connectivity index (χ0n) is 19.9. The molecule has 0 aromatic heterocycles. The lowest BCUT2D eigenvalue weighted by molar-refractivity contribution is 0.469. The Kier molecular flexibility index (Phi) is 6.32. The van der Waals surface area contributed by atoms with Gasteiger partial charge in [-0.2, -0.15) is 0 Å². The predicted molar refractivity (Wildman–Crippen MR) is 145 cm³/mol. The Morgan fingerprint density at radius 2 is 1.29 bits per heavy atom. The monoisotopic (exact) mass is 456 g/mol. The number of phenols is 1. The van der Waals surface area contributed by atoms with Gasteiger partial charge in [-0.1, -0.05) is 104 Å². The second kappa shape index (κ2) is 9.86. The van der Waals surface area contributed by atoms with Crippen LogP contribution in [0.5, 0.6) is 5.75 Å². The number of rotatable bonds is 6. The molecule has 1 N–H and O–H groups in total. The van der Waals surface area contributed by atoms with Gasteiger partial charge in [0.2, 0.25) is 0 Å². The number of nitrogens with zero attached hydrogens (tertiary/aromatic N) is 2. The van der Waals surface area contributed by atoms with E-state index in [2.05, 4.69) is 84.3 Å². The minimum atomic E-state index is 0.215. The summed E-state index contributed by atoms with van der Waals surface area (Å²) >= 11 is 0. The van der Waals surface area contributed by atoms with Crippen molar-refractivity contribution < 1.29 is 5.11 Å². The minimum Gasteiger partial charge on any atom is -0.507 e. The average Bonchev–Trinajstić information content (AvgIpc) is 2.90. The Bertz CT molecular complexity index is 1400. The van der Waals surface area contributed by atoms with Crippen LogP contribution in [0.4, 0.5) is 0 Å². The highest BCUT2D eigenvalue weighted by Gasteiger charge is 2.27. The van der Waals surface area contributed by atoms with Gasteiger partial charge >= 0.3 is 0 Å². The van der Waals surface area contributed by atoms with Crippen molar-refractivity contribution in [3.63, 3.8) is 0 Å². The van der Waals surface area contributed by atoms with Crippen LogP contribution in [0, 0.1) is 0 Å². The number of allylic oxidation sites excluding steroid dienone is 2. The van der Waals surface area contributed by atoms with E-state index < -0.39 is 0 Å². The lowest BCUT2D eigenvalue weighted by Gasteiger charge is -2.34. The van der Waals surface area contributed by atoms with Crippen molar-refractivity contribution >= 4 is 11.4 Å². The first-order valence-corrected chi connectivity index (χ1v) is 11.9. The summed E-state index contributed by atoms with van der Waals surface area (Å²) in [5, 5.41) is 10.6. The molecular formula is C32H28N2O. The summed E-state index contributed by atoms with van der Waals surface area (Å²) < 4.78 is 0. The van der Waals surface area contributed by atoms with Crippen molar-refractivity contribution in [2.45, 2.75) is 13.3 Å². The molecule has 0 saturated carbocycles. The van der Waals surface area contributed by atoms with Crippen molar-refractivity contribution in [3.8, 4) is 16.9 Å². The topological polar surface area (TPSA) is 35.8 Å². The minimum absolute atomic E-state index is 0.215. The Labute approximate surface area is 207 Å². The maximum absolute atomic E-state index is 10.6. The average molecular weight is 457 g/mol. The Morgan fingerprint density at radius 1 is 0.714 bits per heavy atom. The van der Waals surface area contributed by atoms with Crippen molar-refractivity contribution in [1.29, 1.82) is 0 Å². The lowest BCUT2D eigenvalue weighted by atomic mass is 9.95. The third-order valence-corrected chi connectivity index (χ3v) is 6.40. The number of hydrogen-bond acceptors (Lipinski definition) is 3. The number of aliphatic imine (C=N–C) groups is 1. The summed E-state index contributed by atoms with van der Waals surface area (Å²) in [6, 6.07) is 36.7. The Balaban J connectivity index is 1.53. The second-order valence-electron chi connectivity index (χ2n) is 8.69. The molecule has 0 fully saturated rings. The molecule has 1 aliphatic rings. The van der Waals surface area contributed by atoms with Gasteiger partial charge in [-0.3, -0.25) is 0 Å². The summed E-state index contributed by atoms with van der Waals surface area (Å²) in [6.45, 7) is 7.23. The van der Waals surface area contributed by atoms with E-state index in [0.717, 1.165) is 34.8 Å². The molecule has 3 heteroatoms. The molecule has 172 valence electrons. The van der Waals surface area contributed by atoms with Gasteiger partial charge in [0.05, 0.1) is 5.56 Å². The molecule has 0 amide bonds. The molecule has 5 rings (SSSR count). The van der Waals surface area contributed by atoms with Crippen LogP contribution in [0.25, 0.3) is 16.7 Å². The fourth-order valence-corrected chi connectivity index (χ4v) is 4.58. The molecule has 0 radical (unpaired) electrons. The Morgan fingerprint density at radius 3 is 1.97 bits per heavy atom. The van der Waals surface area contributed by atoms with Crippen molar-refractivity contribution in [3.05, 3.63) is 144 Å². The van der Waals surface area contributed by atoms with Crippen molar-refractivity contribution in [2.24, 2.45) is 4.99 Å². The van der Waals surface area contributed by atoms with E-state index in [1.807, 2.05) is 37.3 Å². The first-order valence-electron chi connectivity index (χ1n) is 11.9. The summed E-state index contributed by atoms with van der Waals surface area (Å²) in [5.74, 6) is 0.943. The number of benzene rings is 4. The van der Waals surface area contributed by atoms with E-state index in [-0.39, 0.29) is 5.75 Å². The lowest BCUT2D eigenvalue weighted by Crippen LogP contribution is -2.35. The van der Waals surface area contributed by atoms with Crippen LogP contribution in [0.1, 0.15) is 23.6 Å². The Hall–Kier alpha value is -4.37. The van der Waals surface area contributed by atoms with Crippen LogP contribution in [0.15, 0.2) is 132 Å². The zero-order chi connectivity index (χ0) is 24.2. The predicted octanol–water partition coefficient (Wildman–Crippen LogP) is 7.31. The second-order valence-corrected chi connectivity index (χ2v) is 8.69. The molecule has 1 aliphatic heterocycles. The van der Waals surface area contributed by atoms with Gasteiger partial charge in [0.1, 0.15) is 11.6 Å². The normalized spacial score (nSPS) is 13.7. The van der Waals surface area contributed by atoms with Gasteiger partial charge in [-0.15, -0.1) is 0 Å². The van der Waals surface area contributed by atoms with Gasteiger partial charge < -0.3 is 10.0 Å². The van der Waals surface area contributed by atoms with E-state index in [4.69, 9.17) is 4.99 Å². The molecule has 1 heterocycles. The summed E-state index contributed by atoms with van der Waals surface area (Å²) in [6.07, 6.45) is 0.839. The number of hydrogen-bond donors (Lipinski definition) is 1. The number of para-hydroxylation sites is 1. The summed E-state index contributed by atoms with van der Waals surface area (Å²) in [5.41, 5.74) is 8.20. The molecule has 0 saturated heterocycles. The molecule has 3 nitrogen and oxygen atoms in total. The smallest absolute Gasteiger partial charge is 0.144 e. The van der Waals surface area contributed by atoms with Crippen LogP contribution in [-0.4, -0.2) is 22.4 Å². The van der Waals surface area contributed by atoms with Gasteiger partial charge in [0.15, 0.2) is 0 Å². The van der Waals surface area contributed by atoms with E-state index in [1.54, 1.807) is 6.07 Å². The van der Waals surface area contributed by atoms with Crippen molar-refractivity contribution in [1.82, 2.24) is 4.90 Å². The number of aromatic hydroxyl groups is 1. The van der Waals surface area contributed by atoms with E-state index >= 15 is 0 Å². The molecule has 4 aromatic carbocycles. The highest BCUT2D eigenvalue weighted by atomic mass is 16.3. The maximum Gasteiger partial charge on any atom is 0.144 e. The van der Waals surface area contributed by atoms with Gasteiger partial charge in [-0.25, -0.2) is 4.99 Å². The van der Waals surface area contributed by atoms with E-state index in [1.165, 1.54) is 16.7 Å². The SMILES string of the molecule is C=C1C(c2ccc(-c3ccccc3)cc2)=C(C)N=C(c2ccccc2O)N1CCc1ccccc1. The standard InChI is InChI=1S/C32H28N2O/c1-23-31(28-19-17-27(18-20-28)26-13-7-4-8-14-26)24(2)34(22-21-25-11-5-3-6-12-25)32(33-23)29-15-9-10-16-30(29)35/h3-20,35H,2,21-22H2,1H3. The third-order valence-electron chi connectivity index (χ3n) is 6.40. The first kappa shape index (κ1) is 22.4. The van der Waals surface area contributed by atoms with Gasteiger partial charge in [-0.05, 0) is 47.7 Å². The van der Waals surface area contributed by atoms with Crippen LogP contribution >= 0.6 is 0 Å². The zero-order valence-corrected chi connectivity index (χ0v) is 19.9. The molecule has 0 aliphatic carbocycles. The number of phenolic OH excluding ortho intramolecular Hbond substituents is 1. The summed E-state index contributed by atoms with van der Waals surface area (Å²) in [7, 11) is 0. The molecule has 0 unspecified atom stereocenters. The van der Waals surface area contributed by atoms with Crippen LogP contribution in [0.3, 0.4) is 0 Å². The quantitative estimate of drug-likeness (QED) is 0.330. The highest BCUT2D eigenvalue weighted by Crippen LogP contribution is 2.36.